The molecule has 0 bridgehead atoms. The molecular formula is C15H24N2. The van der Waals surface area contributed by atoms with Crippen molar-refractivity contribution in [3.63, 3.8) is 0 Å². The minimum atomic E-state index is 0.699. The van der Waals surface area contributed by atoms with E-state index in [4.69, 9.17) is 0 Å². The summed E-state index contributed by atoms with van der Waals surface area (Å²) in [6.07, 6.45) is 2.67. The van der Waals surface area contributed by atoms with Gasteiger partial charge in [-0.15, -0.1) is 0 Å². The maximum absolute atomic E-state index is 3.56. The van der Waals surface area contributed by atoms with E-state index < -0.39 is 0 Å². The number of rotatable bonds is 4. The van der Waals surface area contributed by atoms with Crippen molar-refractivity contribution in [3.8, 4) is 0 Å². The summed E-state index contributed by atoms with van der Waals surface area (Å²) in [4.78, 5) is 2.44. The number of hydrogen-bond acceptors (Lipinski definition) is 2. The molecule has 2 heteroatoms. The fourth-order valence-electron chi connectivity index (χ4n) is 2.63. The molecule has 1 unspecified atom stereocenters. The molecule has 0 amide bonds. The van der Waals surface area contributed by atoms with Gasteiger partial charge < -0.3 is 10.2 Å². The van der Waals surface area contributed by atoms with Crippen LogP contribution in [0.3, 0.4) is 0 Å². The van der Waals surface area contributed by atoms with E-state index in [1.54, 1.807) is 0 Å². The number of nitrogens with zero attached hydrogens (tertiary/aromatic N) is 1. The van der Waals surface area contributed by atoms with Crippen molar-refractivity contribution in [3.05, 3.63) is 34.9 Å². The van der Waals surface area contributed by atoms with Crippen LogP contribution >= 0.6 is 0 Å². The van der Waals surface area contributed by atoms with Gasteiger partial charge in [0.15, 0.2) is 0 Å². The molecule has 1 saturated heterocycles. The highest BCUT2D eigenvalue weighted by Crippen LogP contribution is 2.15. The molecule has 1 heterocycles. The van der Waals surface area contributed by atoms with Gasteiger partial charge in [-0.25, -0.2) is 0 Å². The van der Waals surface area contributed by atoms with E-state index in [1.165, 1.54) is 36.1 Å². The predicted molar refractivity (Wildman–Crippen MR) is 73.3 cm³/mol. The highest BCUT2D eigenvalue weighted by Gasteiger charge is 2.16. The topological polar surface area (TPSA) is 15.3 Å². The Balaban J connectivity index is 1.93. The summed E-state index contributed by atoms with van der Waals surface area (Å²) in [5, 5.41) is 3.56. The SMILES string of the molecule is Cc1cccc(CN(C)CC2CCCN2)c1C. The second kappa shape index (κ2) is 5.65. The third kappa shape index (κ3) is 3.30. The average Bonchev–Trinajstić information content (AvgIpc) is 2.77. The van der Waals surface area contributed by atoms with Gasteiger partial charge >= 0.3 is 0 Å². The van der Waals surface area contributed by atoms with Crippen LogP contribution in [-0.4, -0.2) is 31.1 Å². The molecule has 17 heavy (non-hydrogen) atoms. The van der Waals surface area contributed by atoms with Gasteiger partial charge in [-0.1, -0.05) is 18.2 Å². The molecule has 1 aliphatic rings. The number of nitrogens with one attached hydrogen (secondary N) is 1. The third-order valence-electron chi connectivity index (χ3n) is 3.85. The van der Waals surface area contributed by atoms with Crippen molar-refractivity contribution in [1.29, 1.82) is 0 Å². The number of aryl methyl sites for hydroxylation is 1. The zero-order chi connectivity index (χ0) is 12.3. The molecule has 0 saturated carbocycles. The average molecular weight is 232 g/mol. The lowest BCUT2D eigenvalue weighted by Crippen LogP contribution is -2.35. The first kappa shape index (κ1) is 12.6. The number of benzene rings is 1. The highest BCUT2D eigenvalue weighted by molar-refractivity contribution is 5.32. The van der Waals surface area contributed by atoms with Gasteiger partial charge in [0.1, 0.15) is 0 Å². The van der Waals surface area contributed by atoms with E-state index in [-0.39, 0.29) is 0 Å². The Hall–Kier alpha value is -0.860. The molecule has 2 rings (SSSR count). The summed E-state index contributed by atoms with van der Waals surface area (Å²) in [7, 11) is 2.22. The van der Waals surface area contributed by atoms with Crippen molar-refractivity contribution in [2.75, 3.05) is 20.1 Å². The molecule has 1 atom stereocenters. The Morgan fingerprint density at radius 2 is 2.18 bits per heavy atom. The zero-order valence-corrected chi connectivity index (χ0v) is 11.3. The van der Waals surface area contributed by atoms with Gasteiger partial charge in [-0.2, -0.15) is 0 Å². The monoisotopic (exact) mass is 232 g/mol. The van der Waals surface area contributed by atoms with Crippen LogP contribution in [0.4, 0.5) is 0 Å². The molecule has 0 spiro atoms. The molecule has 1 aliphatic heterocycles. The maximum atomic E-state index is 3.56. The summed E-state index contributed by atoms with van der Waals surface area (Å²) in [5.41, 5.74) is 4.30. The smallest absolute Gasteiger partial charge is 0.0234 e. The lowest BCUT2D eigenvalue weighted by atomic mass is 10.0. The van der Waals surface area contributed by atoms with Crippen LogP contribution in [0.5, 0.6) is 0 Å². The van der Waals surface area contributed by atoms with Gasteiger partial charge in [0.05, 0.1) is 0 Å². The normalized spacial score (nSPS) is 20.1. The Kier molecular flexibility index (Phi) is 4.19. The fraction of sp³-hybridized carbons (Fsp3) is 0.600. The molecule has 0 radical (unpaired) electrons. The van der Waals surface area contributed by atoms with E-state index in [1.807, 2.05) is 0 Å². The molecule has 0 aliphatic carbocycles. The molecule has 94 valence electrons. The minimum Gasteiger partial charge on any atom is -0.313 e. The van der Waals surface area contributed by atoms with Crippen LogP contribution in [-0.2, 0) is 6.54 Å². The Morgan fingerprint density at radius 3 is 2.88 bits per heavy atom. The van der Waals surface area contributed by atoms with Crippen molar-refractivity contribution < 1.29 is 0 Å². The van der Waals surface area contributed by atoms with Crippen molar-refractivity contribution in [1.82, 2.24) is 10.2 Å². The van der Waals surface area contributed by atoms with Crippen molar-refractivity contribution >= 4 is 0 Å². The first-order valence-corrected chi connectivity index (χ1v) is 6.64. The molecule has 2 nitrogen and oxygen atoms in total. The predicted octanol–water partition coefficient (Wildman–Crippen LogP) is 2.49. The van der Waals surface area contributed by atoms with Crippen LogP contribution in [0.15, 0.2) is 18.2 Å². The van der Waals surface area contributed by atoms with E-state index >= 15 is 0 Å². The quantitative estimate of drug-likeness (QED) is 0.858. The summed E-state index contributed by atoms with van der Waals surface area (Å²) in [6, 6.07) is 7.31. The number of hydrogen-bond donors (Lipinski definition) is 1. The van der Waals surface area contributed by atoms with Gasteiger partial charge in [0.25, 0.3) is 0 Å². The van der Waals surface area contributed by atoms with E-state index in [0.717, 1.165) is 13.1 Å². The van der Waals surface area contributed by atoms with E-state index in [0.29, 0.717) is 6.04 Å². The lowest BCUT2D eigenvalue weighted by Gasteiger charge is -2.22. The van der Waals surface area contributed by atoms with Gasteiger partial charge in [-0.3, -0.25) is 0 Å². The summed E-state index contributed by atoms with van der Waals surface area (Å²) < 4.78 is 0. The second-order valence-corrected chi connectivity index (χ2v) is 5.35. The maximum Gasteiger partial charge on any atom is 0.0234 e. The van der Waals surface area contributed by atoms with Gasteiger partial charge in [0.2, 0.25) is 0 Å². The molecule has 1 aromatic rings. The third-order valence-corrected chi connectivity index (χ3v) is 3.85. The molecule has 0 aromatic heterocycles. The largest absolute Gasteiger partial charge is 0.313 e. The number of likely N-dealkylation sites (N-methyl/N-ethyl adjacent to an activating group) is 1. The molecule has 1 fully saturated rings. The summed E-state index contributed by atoms with van der Waals surface area (Å²) in [5.74, 6) is 0. The summed E-state index contributed by atoms with van der Waals surface area (Å²) >= 11 is 0. The van der Waals surface area contributed by atoms with Gasteiger partial charge in [0, 0.05) is 19.1 Å². The van der Waals surface area contributed by atoms with Crippen LogP contribution in [0, 0.1) is 13.8 Å². The Bertz CT molecular complexity index is 367. The Morgan fingerprint density at radius 1 is 1.35 bits per heavy atom. The standard InChI is InChI=1S/C15H24N2/c1-12-6-4-7-14(13(12)2)10-17(3)11-15-8-5-9-16-15/h4,6-7,15-16H,5,8-11H2,1-3H3. The van der Waals surface area contributed by atoms with E-state index in [9.17, 15) is 0 Å². The molecule has 1 N–H and O–H groups in total. The lowest BCUT2D eigenvalue weighted by molar-refractivity contribution is 0.292. The van der Waals surface area contributed by atoms with Crippen molar-refractivity contribution in [2.24, 2.45) is 0 Å². The van der Waals surface area contributed by atoms with Crippen LogP contribution in [0.25, 0.3) is 0 Å². The Labute approximate surface area is 105 Å². The second-order valence-electron chi connectivity index (χ2n) is 5.35. The van der Waals surface area contributed by atoms with Crippen LogP contribution in [0.1, 0.15) is 29.5 Å². The minimum absolute atomic E-state index is 0.699. The van der Waals surface area contributed by atoms with Crippen LogP contribution < -0.4 is 5.32 Å². The van der Waals surface area contributed by atoms with Crippen molar-refractivity contribution in [2.45, 2.75) is 39.3 Å². The first-order chi connectivity index (χ1) is 8.16. The zero-order valence-electron chi connectivity index (χ0n) is 11.3. The van der Waals surface area contributed by atoms with E-state index in [2.05, 4.69) is 49.3 Å². The fourth-order valence-corrected chi connectivity index (χ4v) is 2.63. The molecular weight excluding hydrogens is 208 g/mol. The first-order valence-electron chi connectivity index (χ1n) is 6.64. The van der Waals surface area contributed by atoms with Gasteiger partial charge in [-0.05, 0) is 57.0 Å². The highest BCUT2D eigenvalue weighted by atomic mass is 15.1. The van der Waals surface area contributed by atoms with Crippen LogP contribution in [0.2, 0.25) is 0 Å². The summed E-state index contributed by atoms with van der Waals surface area (Å²) in [6.45, 7) is 7.84. The molecule has 1 aromatic carbocycles.